The smallest absolute Gasteiger partial charge is 0.236 e. The fourth-order valence-corrected chi connectivity index (χ4v) is 3.20. The molecular formula is C18H37ClN4O2. The van der Waals surface area contributed by atoms with Crippen LogP contribution < -0.4 is 11.1 Å². The van der Waals surface area contributed by atoms with Crippen molar-refractivity contribution in [3.8, 4) is 0 Å². The molecule has 0 radical (unpaired) electrons. The van der Waals surface area contributed by atoms with Crippen molar-refractivity contribution in [2.24, 2.45) is 23.5 Å². The number of likely N-dealkylation sites (tertiary alicyclic amines) is 1. The minimum atomic E-state index is -0.0262. The van der Waals surface area contributed by atoms with Gasteiger partial charge in [0.05, 0.1) is 12.5 Å². The van der Waals surface area contributed by atoms with Gasteiger partial charge in [-0.25, -0.2) is 0 Å². The van der Waals surface area contributed by atoms with Gasteiger partial charge in [0.1, 0.15) is 0 Å². The summed E-state index contributed by atoms with van der Waals surface area (Å²) in [5.74, 6) is 1.15. The summed E-state index contributed by atoms with van der Waals surface area (Å²) in [5, 5.41) is 2.86. The molecule has 1 aliphatic rings. The van der Waals surface area contributed by atoms with Crippen molar-refractivity contribution in [3.05, 3.63) is 0 Å². The van der Waals surface area contributed by atoms with E-state index in [1.807, 2.05) is 4.90 Å². The molecule has 1 fully saturated rings. The van der Waals surface area contributed by atoms with Gasteiger partial charge in [0, 0.05) is 32.7 Å². The van der Waals surface area contributed by atoms with Crippen LogP contribution in [0.25, 0.3) is 0 Å². The van der Waals surface area contributed by atoms with E-state index in [1.54, 1.807) is 0 Å². The van der Waals surface area contributed by atoms with Crippen LogP contribution >= 0.6 is 12.4 Å². The summed E-state index contributed by atoms with van der Waals surface area (Å²) in [6.45, 7) is 13.1. The molecule has 0 bridgehead atoms. The molecule has 0 saturated carbocycles. The second-order valence-electron chi connectivity index (χ2n) is 7.74. The highest BCUT2D eigenvalue weighted by atomic mass is 35.5. The van der Waals surface area contributed by atoms with Crippen LogP contribution in [0.1, 0.15) is 40.5 Å². The third-order valence-corrected chi connectivity index (χ3v) is 4.20. The minimum Gasteiger partial charge on any atom is -0.355 e. The molecule has 0 aromatic carbocycles. The molecule has 1 aliphatic heterocycles. The van der Waals surface area contributed by atoms with Gasteiger partial charge in [-0.1, -0.05) is 27.7 Å². The number of nitrogens with zero attached hydrogens (tertiary/aromatic N) is 2. The van der Waals surface area contributed by atoms with Gasteiger partial charge in [0.25, 0.3) is 0 Å². The van der Waals surface area contributed by atoms with E-state index in [-0.39, 0.29) is 30.1 Å². The van der Waals surface area contributed by atoms with Gasteiger partial charge < -0.3 is 16.0 Å². The van der Waals surface area contributed by atoms with E-state index in [0.717, 1.165) is 32.5 Å². The molecule has 0 aromatic rings. The average molecular weight is 377 g/mol. The molecule has 3 N–H and O–H groups in total. The van der Waals surface area contributed by atoms with Gasteiger partial charge in [-0.15, -0.1) is 12.4 Å². The first-order valence-electron chi connectivity index (χ1n) is 9.31. The number of rotatable bonds is 9. The maximum Gasteiger partial charge on any atom is 0.236 e. The molecule has 0 aliphatic carbocycles. The highest BCUT2D eigenvalue weighted by Gasteiger charge is 2.28. The number of nitrogens with two attached hydrogens (primary N) is 1. The highest BCUT2D eigenvalue weighted by molar-refractivity contribution is 5.85. The lowest BCUT2D eigenvalue weighted by Crippen LogP contribution is -2.48. The molecule has 1 atom stereocenters. The maximum absolute atomic E-state index is 12.7. The molecule has 0 spiro atoms. The minimum absolute atomic E-state index is 0. The van der Waals surface area contributed by atoms with E-state index in [9.17, 15) is 9.59 Å². The van der Waals surface area contributed by atoms with Crippen molar-refractivity contribution in [1.29, 1.82) is 0 Å². The summed E-state index contributed by atoms with van der Waals surface area (Å²) in [5.41, 5.74) is 5.44. The molecule has 6 nitrogen and oxygen atoms in total. The lowest BCUT2D eigenvalue weighted by molar-refractivity contribution is -0.135. The first-order valence-corrected chi connectivity index (χ1v) is 9.31. The number of carbonyl (C=O) groups excluding carboxylic acids is 2. The Labute approximate surface area is 159 Å². The number of halogens is 1. The van der Waals surface area contributed by atoms with E-state index in [0.29, 0.717) is 38.0 Å². The normalized spacial score (nSPS) is 18.1. The Morgan fingerprint density at radius 3 is 2.32 bits per heavy atom. The molecule has 1 unspecified atom stereocenters. The number of nitrogens with one attached hydrogen (secondary N) is 1. The van der Waals surface area contributed by atoms with Crippen LogP contribution in [-0.2, 0) is 9.59 Å². The Bertz CT molecular complexity index is 395. The molecular weight excluding hydrogens is 340 g/mol. The van der Waals surface area contributed by atoms with Crippen LogP contribution in [0.5, 0.6) is 0 Å². The van der Waals surface area contributed by atoms with Gasteiger partial charge >= 0.3 is 0 Å². The number of piperidine rings is 1. The second-order valence-corrected chi connectivity index (χ2v) is 7.74. The number of carbonyl (C=O) groups is 2. The third-order valence-electron chi connectivity index (χ3n) is 4.20. The zero-order valence-corrected chi connectivity index (χ0v) is 17.1. The van der Waals surface area contributed by atoms with Crippen LogP contribution in [0.15, 0.2) is 0 Å². The molecule has 25 heavy (non-hydrogen) atoms. The predicted molar refractivity (Wildman–Crippen MR) is 105 cm³/mol. The fraction of sp³-hybridized carbons (Fsp3) is 0.889. The van der Waals surface area contributed by atoms with Crippen molar-refractivity contribution in [2.45, 2.75) is 40.5 Å². The van der Waals surface area contributed by atoms with Crippen molar-refractivity contribution in [2.75, 3.05) is 45.8 Å². The lowest BCUT2D eigenvalue weighted by atomic mass is 9.97. The second kappa shape index (κ2) is 12.5. The quantitative estimate of drug-likeness (QED) is 0.636. The van der Waals surface area contributed by atoms with Crippen molar-refractivity contribution >= 4 is 24.2 Å². The zero-order chi connectivity index (χ0) is 18.1. The zero-order valence-electron chi connectivity index (χ0n) is 16.3. The van der Waals surface area contributed by atoms with Gasteiger partial charge in [0.15, 0.2) is 0 Å². The van der Waals surface area contributed by atoms with Gasteiger partial charge in [0.2, 0.25) is 11.8 Å². The standard InChI is InChI=1S/C18H36N4O2.ClH/c1-14(2)10-22(11-15(3)4)17(23)13-21-9-5-6-16(12-21)18(24)20-8-7-19;/h14-16H,5-13,19H2,1-4H3,(H,20,24);1H. The van der Waals surface area contributed by atoms with Crippen LogP contribution in [-0.4, -0.2) is 67.4 Å². The summed E-state index contributed by atoms with van der Waals surface area (Å²) in [7, 11) is 0. The van der Waals surface area contributed by atoms with Crippen LogP contribution in [0.3, 0.4) is 0 Å². The van der Waals surface area contributed by atoms with Crippen LogP contribution in [0, 0.1) is 17.8 Å². The monoisotopic (exact) mass is 376 g/mol. The summed E-state index contributed by atoms with van der Waals surface area (Å²) in [4.78, 5) is 28.9. The fourth-order valence-electron chi connectivity index (χ4n) is 3.20. The Kier molecular flexibility index (Phi) is 12.1. The van der Waals surface area contributed by atoms with Gasteiger partial charge in [-0.3, -0.25) is 14.5 Å². The van der Waals surface area contributed by atoms with Crippen LogP contribution in [0.2, 0.25) is 0 Å². The summed E-state index contributed by atoms with van der Waals surface area (Å²) in [6, 6.07) is 0. The summed E-state index contributed by atoms with van der Waals surface area (Å²) in [6.07, 6.45) is 1.85. The van der Waals surface area contributed by atoms with Gasteiger partial charge in [-0.05, 0) is 31.2 Å². The summed E-state index contributed by atoms with van der Waals surface area (Å²) < 4.78 is 0. The van der Waals surface area contributed by atoms with E-state index in [2.05, 4.69) is 37.9 Å². The molecule has 1 heterocycles. The van der Waals surface area contributed by atoms with Crippen molar-refractivity contribution < 1.29 is 9.59 Å². The Morgan fingerprint density at radius 1 is 1.20 bits per heavy atom. The van der Waals surface area contributed by atoms with Crippen molar-refractivity contribution in [1.82, 2.24) is 15.1 Å². The van der Waals surface area contributed by atoms with E-state index < -0.39 is 0 Å². The third kappa shape index (κ3) is 9.42. The van der Waals surface area contributed by atoms with E-state index in [1.165, 1.54) is 0 Å². The molecule has 1 saturated heterocycles. The van der Waals surface area contributed by atoms with Gasteiger partial charge in [-0.2, -0.15) is 0 Å². The first-order chi connectivity index (χ1) is 11.3. The first kappa shape index (κ1) is 24.1. The summed E-state index contributed by atoms with van der Waals surface area (Å²) >= 11 is 0. The molecule has 0 aromatic heterocycles. The molecule has 148 valence electrons. The van der Waals surface area contributed by atoms with Crippen LogP contribution in [0.4, 0.5) is 0 Å². The Hall–Kier alpha value is -0.850. The van der Waals surface area contributed by atoms with E-state index in [4.69, 9.17) is 5.73 Å². The predicted octanol–water partition coefficient (Wildman–Crippen LogP) is 1.34. The molecule has 2 amide bonds. The molecule has 7 heteroatoms. The number of hydrogen-bond acceptors (Lipinski definition) is 4. The molecule has 1 rings (SSSR count). The topological polar surface area (TPSA) is 78.7 Å². The Morgan fingerprint density at radius 2 is 1.80 bits per heavy atom. The van der Waals surface area contributed by atoms with Crippen molar-refractivity contribution in [3.63, 3.8) is 0 Å². The average Bonchev–Trinajstić information content (AvgIpc) is 2.51. The maximum atomic E-state index is 12.7. The van der Waals surface area contributed by atoms with E-state index >= 15 is 0 Å². The Balaban J connectivity index is 0.00000576. The number of amides is 2. The lowest BCUT2D eigenvalue weighted by Gasteiger charge is -2.34. The number of hydrogen-bond donors (Lipinski definition) is 2. The highest BCUT2D eigenvalue weighted by Crippen LogP contribution is 2.17. The SMILES string of the molecule is CC(C)CN(CC(C)C)C(=O)CN1CCCC(C(=O)NCCN)C1.Cl. The largest absolute Gasteiger partial charge is 0.355 e.